The zero-order valence-electron chi connectivity index (χ0n) is 10.1. The van der Waals surface area contributed by atoms with Crippen molar-refractivity contribution in [2.24, 2.45) is 5.73 Å². The third-order valence-corrected chi connectivity index (χ3v) is 3.60. The van der Waals surface area contributed by atoms with Gasteiger partial charge in [0, 0.05) is 24.3 Å². The summed E-state index contributed by atoms with van der Waals surface area (Å²) in [5, 5.41) is 4.46. The predicted octanol–water partition coefficient (Wildman–Crippen LogP) is 1.13. The van der Waals surface area contributed by atoms with Gasteiger partial charge in [0.2, 0.25) is 0 Å². The van der Waals surface area contributed by atoms with E-state index in [-0.39, 0.29) is 0 Å². The van der Waals surface area contributed by atoms with E-state index in [1.54, 1.807) is 6.20 Å². The summed E-state index contributed by atoms with van der Waals surface area (Å²) < 4.78 is 0. The van der Waals surface area contributed by atoms with Crippen LogP contribution in [0.15, 0.2) is 18.5 Å². The largest absolute Gasteiger partial charge is 0.364 e. The van der Waals surface area contributed by atoms with Crippen molar-refractivity contribution in [3.8, 4) is 0 Å². The van der Waals surface area contributed by atoms with E-state index in [4.69, 9.17) is 5.73 Å². The lowest BCUT2D eigenvalue weighted by Gasteiger charge is -2.23. The highest BCUT2D eigenvalue weighted by atomic mass is 16.1. The highest BCUT2D eigenvalue weighted by Crippen LogP contribution is 2.29. The van der Waals surface area contributed by atoms with E-state index in [0.717, 1.165) is 30.4 Å². The van der Waals surface area contributed by atoms with Crippen molar-refractivity contribution < 1.29 is 4.79 Å². The molecule has 1 amide bonds. The molecule has 1 saturated heterocycles. The number of piperidine rings is 1. The highest BCUT2D eigenvalue weighted by molar-refractivity contribution is 6.03. The number of fused-ring (bicyclic) bond motifs is 1. The molecule has 5 heteroatoms. The van der Waals surface area contributed by atoms with Gasteiger partial charge in [-0.05, 0) is 36.9 Å². The van der Waals surface area contributed by atoms with E-state index in [1.165, 1.54) is 12.0 Å². The number of H-pyrrole nitrogens is 1. The minimum atomic E-state index is -0.490. The maximum atomic E-state index is 11.3. The fourth-order valence-electron chi connectivity index (χ4n) is 2.70. The fraction of sp³-hybridized carbons (Fsp3) is 0.385. The summed E-state index contributed by atoms with van der Waals surface area (Å²) in [6.45, 7) is 2.05. The lowest BCUT2D eigenvalue weighted by Crippen LogP contribution is -2.28. The third-order valence-electron chi connectivity index (χ3n) is 3.60. The van der Waals surface area contributed by atoms with E-state index in [9.17, 15) is 4.79 Å². The lowest BCUT2D eigenvalue weighted by atomic mass is 9.90. The zero-order chi connectivity index (χ0) is 12.5. The minimum Gasteiger partial charge on any atom is -0.364 e. The van der Waals surface area contributed by atoms with Gasteiger partial charge in [0.05, 0.1) is 5.52 Å². The van der Waals surface area contributed by atoms with Gasteiger partial charge in [-0.2, -0.15) is 0 Å². The van der Waals surface area contributed by atoms with Crippen molar-refractivity contribution in [1.82, 2.24) is 15.3 Å². The molecular weight excluding hydrogens is 228 g/mol. The number of primary amides is 1. The Balaban J connectivity index is 2.10. The van der Waals surface area contributed by atoms with Crippen LogP contribution in [-0.4, -0.2) is 29.0 Å². The van der Waals surface area contributed by atoms with Crippen molar-refractivity contribution in [2.45, 2.75) is 18.8 Å². The molecule has 0 spiro atoms. The molecule has 18 heavy (non-hydrogen) atoms. The molecule has 5 nitrogen and oxygen atoms in total. The maximum Gasteiger partial charge on any atom is 0.269 e. The van der Waals surface area contributed by atoms with Crippen LogP contribution >= 0.6 is 0 Å². The molecule has 4 N–H and O–H groups in total. The average Bonchev–Trinajstić information content (AvgIpc) is 2.87. The average molecular weight is 244 g/mol. The number of rotatable bonds is 2. The van der Waals surface area contributed by atoms with Crippen LogP contribution in [0.4, 0.5) is 0 Å². The van der Waals surface area contributed by atoms with Gasteiger partial charge >= 0.3 is 0 Å². The van der Waals surface area contributed by atoms with Crippen LogP contribution in [-0.2, 0) is 0 Å². The summed E-state index contributed by atoms with van der Waals surface area (Å²) in [6.07, 6.45) is 5.96. The molecule has 1 atom stereocenters. The Bertz CT molecular complexity index is 584. The van der Waals surface area contributed by atoms with E-state index in [0.29, 0.717) is 11.6 Å². The highest BCUT2D eigenvalue weighted by Gasteiger charge is 2.20. The number of hydrogen-bond donors (Lipinski definition) is 3. The normalized spacial score (nSPS) is 20.1. The van der Waals surface area contributed by atoms with Gasteiger partial charge in [-0.15, -0.1) is 0 Å². The van der Waals surface area contributed by atoms with Crippen molar-refractivity contribution in [1.29, 1.82) is 0 Å². The van der Waals surface area contributed by atoms with Gasteiger partial charge in [-0.3, -0.25) is 4.79 Å². The van der Waals surface area contributed by atoms with Gasteiger partial charge in [0.1, 0.15) is 0 Å². The molecule has 2 aromatic rings. The number of carbonyl (C=O) groups excluding carboxylic acids is 1. The number of nitrogens with one attached hydrogen (secondary N) is 2. The number of aromatic amines is 1. The molecule has 0 unspecified atom stereocenters. The smallest absolute Gasteiger partial charge is 0.269 e. The predicted molar refractivity (Wildman–Crippen MR) is 69.5 cm³/mol. The monoisotopic (exact) mass is 244 g/mol. The van der Waals surface area contributed by atoms with Crippen molar-refractivity contribution >= 4 is 16.8 Å². The Morgan fingerprint density at radius 3 is 3.11 bits per heavy atom. The molecular formula is C13H16N4O. The van der Waals surface area contributed by atoms with Crippen LogP contribution in [0.2, 0.25) is 0 Å². The molecule has 2 aromatic heterocycles. The molecule has 0 bridgehead atoms. The number of carbonyl (C=O) groups is 1. The SMILES string of the molecule is NC(=O)c1ncc([C@@H]2CCCNC2)c2cc[nH]c12. The van der Waals surface area contributed by atoms with Crippen LogP contribution in [0.5, 0.6) is 0 Å². The summed E-state index contributed by atoms with van der Waals surface area (Å²) in [5.41, 5.74) is 7.61. The molecule has 0 saturated carbocycles. The zero-order valence-corrected chi connectivity index (χ0v) is 10.1. The Morgan fingerprint density at radius 2 is 2.39 bits per heavy atom. The Labute approximate surface area is 105 Å². The number of amides is 1. The number of hydrogen-bond acceptors (Lipinski definition) is 3. The van der Waals surface area contributed by atoms with Gasteiger partial charge in [-0.1, -0.05) is 0 Å². The second-order valence-corrected chi connectivity index (χ2v) is 4.74. The molecule has 0 aromatic carbocycles. The van der Waals surface area contributed by atoms with E-state index in [2.05, 4.69) is 15.3 Å². The van der Waals surface area contributed by atoms with Crippen molar-refractivity contribution in [3.63, 3.8) is 0 Å². The van der Waals surface area contributed by atoms with Gasteiger partial charge in [0.25, 0.3) is 5.91 Å². The lowest BCUT2D eigenvalue weighted by molar-refractivity contribution is 0.0997. The first-order valence-electron chi connectivity index (χ1n) is 6.24. The third kappa shape index (κ3) is 1.76. The number of nitrogens with zero attached hydrogens (tertiary/aromatic N) is 1. The topological polar surface area (TPSA) is 83.8 Å². The molecule has 3 rings (SSSR count). The molecule has 1 aliphatic heterocycles. The quantitative estimate of drug-likeness (QED) is 0.740. The first kappa shape index (κ1) is 11.2. The van der Waals surface area contributed by atoms with Gasteiger partial charge < -0.3 is 16.0 Å². The number of pyridine rings is 1. The van der Waals surface area contributed by atoms with E-state index < -0.39 is 5.91 Å². The first-order valence-corrected chi connectivity index (χ1v) is 6.24. The second-order valence-electron chi connectivity index (χ2n) is 4.74. The number of nitrogens with two attached hydrogens (primary N) is 1. The van der Waals surface area contributed by atoms with Crippen molar-refractivity contribution in [3.05, 3.63) is 29.7 Å². The van der Waals surface area contributed by atoms with Gasteiger partial charge in [0.15, 0.2) is 5.69 Å². The molecule has 3 heterocycles. The molecule has 1 aliphatic rings. The molecule has 0 radical (unpaired) electrons. The van der Waals surface area contributed by atoms with Crippen LogP contribution in [0.25, 0.3) is 10.9 Å². The maximum absolute atomic E-state index is 11.3. The number of aromatic nitrogens is 2. The van der Waals surface area contributed by atoms with Crippen LogP contribution in [0, 0.1) is 0 Å². The summed E-state index contributed by atoms with van der Waals surface area (Å²) in [7, 11) is 0. The molecule has 1 fully saturated rings. The Kier molecular flexibility index (Phi) is 2.76. The van der Waals surface area contributed by atoms with E-state index >= 15 is 0 Å². The first-order chi connectivity index (χ1) is 8.77. The van der Waals surface area contributed by atoms with Crippen LogP contribution in [0.1, 0.15) is 34.8 Å². The molecule has 0 aliphatic carbocycles. The summed E-state index contributed by atoms with van der Waals surface area (Å²) in [6, 6.07) is 1.99. The second kappa shape index (κ2) is 4.42. The molecule has 94 valence electrons. The Hall–Kier alpha value is -1.88. The van der Waals surface area contributed by atoms with E-state index in [1.807, 2.05) is 12.3 Å². The van der Waals surface area contributed by atoms with Crippen LogP contribution < -0.4 is 11.1 Å². The standard InChI is InChI=1S/C13H16N4O/c14-13(18)12-11-9(3-5-16-11)10(7-17-12)8-2-1-4-15-6-8/h3,5,7-8,15-16H,1-2,4,6H2,(H2,14,18)/t8-/m1/s1. The summed E-state index contributed by atoms with van der Waals surface area (Å²) in [5.74, 6) is -0.0257. The van der Waals surface area contributed by atoms with Crippen LogP contribution in [0.3, 0.4) is 0 Å². The van der Waals surface area contributed by atoms with Crippen molar-refractivity contribution in [2.75, 3.05) is 13.1 Å². The summed E-state index contributed by atoms with van der Waals surface area (Å²) >= 11 is 0. The van der Waals surface area contributed by atoms with Gasteiger partial charge in [-0.25, -0.2) is 4.98 Å². The Morgan fingerprint density at radius 1 is 1.50 bits per heavy atom. The fourth-order valence-corrected chi connectivity index (χ4v) is 2.70. The summed E-state index contributed by atoms with van der Waals surface area (Å²) in [4.78, 5) is 18.6. The minimum absolute atomic E-state index is 0.322.